The molecule has 0 unspecified atom stereocenters. The van der Waals surface area contributed by atoms with Crippen LogP contribution >= 0.6 is 22.6 Å². The third-order valence-electron chi connectivity index (χ3n) is 2.80. The van der Waals surface area contributed by atoms with Crippen molar-refractivity contribution in [2.45, 2.75) is 0 Å². The maximum Gasteiger partial charge on any atom is 0.270 e. The van der Waals surface area contributed by atoms with E-state index in [4.69, 9.17) is 4.74 Å². The SMILES string of the molecule is O=[N+]([O-])c1ccc2ncnc(Oc3cccc(I)c3)c2c1. The number of aromatic nitrogens is 2. The number of non-ortho nitro benzene ring substituents is 1. The first kappa shape index (κ1) is 13.7. The molecular weight excluding hydrogens is 385 g/mol. The zero-order valence-corrected chi connectivity index (χ0v) is 12.7. The van der Waals surface area contributed by atoms with E-state index >= 15 is 0 Å². The number of hydrogen-bond donors (Lipinski definition) is 0. The van der Waals surface area contributed by atoms with Gasteiger partial charge in [-0.1, -0.05) is 6.07 Å². The molecule has 0 fully saturated rings. The normalized spacial score (nSPS) is 10.5. The van der Waals surface area contributed by atoms with Crippen molar-refractivity contribution in [3.8, 4) is 11.6 Å². The van der Waals surface area contributed by atoms with Gasteiger partial charge in [0.25, 0.3) is 5.69 Å². The minimum Gasteiger partial charge on any atom is -0.438 e. The van der Waals surface area contributed by atoms with Crippen molar-refractivity contribution in [2.75, 3.05) is 0 Å². The van der Waals surface area contributed by atoms with Crippen LogP contribution in [0.1, 0.15) is 0 Å². The molecule has 3 rings (SSSR count). The van der Waals surface area contributed by atoms with Crippen molar-refractivity contribution in [1.29, 1.82) is 0 Å². The van der Waals surface area contributed by atoms with Crippen molar-refractivity contribution < 1.29 is 9.66 Å². The lowest BCUT2D eigenvalue weighted by Crippen LogP contribution is -1.93. The third-order valence-corrected chi connectivity index (χ3v) is 3.47. The number of hydrogen-bond acceptors (Lipinski definition) is 5. The van der Waals surface area contributed by atoms with Gasteiger partial charge in [-0.05, 0) is 46.9 Å². The maximum absolute atomic E-state index is 10.9. The summed E-state index contributed by atoms with van der Waals surface area (Å²) in [4.78, 5) is 18.6. The lowest BCUT2D eigenvalue weighted by molar-refractivity contribution is -0.384. The summed E-state index contributed by atoms with van der Waals surface area (Å²) in [5.74, 6) is 0.916. The van der Waals surface area contributed by atoms with Crippen LogP contribution in [0.25, 0.3) is 10.9 Å². The number of nitrogens with zero attached hydrogens (tertiary/aromatic N) is 3. The summed E-state index contributed by atoms with van der Waals surface area (Å²) in [6.07, 6.45) is 1.37. The Bertz CT molecular complexity index is 839. The van der Waals surface area contributed by atoms with Gasteiger partial charge < -0.3 is 4.74 Å². The van der Waals surface area contributed by atoms with E-state index in [2.05, 4.69) is 32.6 Å². The maximum atomic E-state index is 10.9. The van der Waals surface area contributed by atoms with Crippen LogP contribution in [0, 0.1) is 13.7 Å². The standard InChI is InChI=1S/C14H8IN3O3/c15-9-2-1-3-11(6-9)21-14-12-7-10(18(19)20)4-5-13(12)16-8-17-14/h1-8H. The average Bonchev–Trinajstić information content (AvgIpc) is 2.47. The molecule has 104 valence electrons. The fourth-order valence-corrected chi connectivity index (χ4v) is 2.37. The number of ether oxygens (including phenoxy) is 1. The highest BCUT2D eigenvalue weighted by molar-refractivity contribution is 14.1. The van der Waals surface area contributed by atoms with Crippen LogP contribution in [0.3, 0.4) is 0 Å². The van der Waals surface area contributed by atoms with Crippen LogP contribution in [0.5, 0.6) is 11.6 Å². The predicted octanol–water partition coefficient (Wildman–Crippen LogP) is 3.93. The van der Waals surface area contributed by atoms with Gasteiger partial charge in [-0.2, -0.15) is 0 Å². The molecule has 0 radical (unpaired) electrons. The summed E-state index contributed by atoms with van der Waals surface area (Å²) in [5.41, 5.74) is 0.570. The van der Waals surface area contributed by atoms with Gasteiger partial charge in [0, 0.05) is 15.7 Å². The van der Waals surface area contributed by atoms with Crippen molar-refractivity contribution in [3.63, 3.8) is 0 Å². The van der Waals surface area contributed by atoms with Gasteiger partial charge in [0.1, 0.15) is 12.1 Å². The predicted molar refractivity (Wildman–Crippen MR) is 85.4 cm³/mol. The van der Waals surface area contributed by atoms with E-state index in [0.717, 1.165) is 3.57 Å². The van der Waals surface area contributed by atoms with Gasteiger partial charge in [-0.15, -0.1) is 0 Å². The molecule has 0 amide bonds. The Hall–Kier alpha value is -2.29. The highest BCUT2D eigenvalue weighted by Gasteiger charge is 2.12. The minimum absolute atomic E-state index is 0.0233. The lowest BCUT2D eigenvalue weighted by Gasteiger charge is -2.07. The molecule has 1 heterocycles. The quantitative estimate of drug-likeness (QED) is 0.383. The average molecular weight is 393 g/mol. The Balaban J connectivity index is 2.09. The minimum atomic E-state index is -0.457. The second-order valence-corrected chi connectivity index (χ2v) is 5.44. The second-order valence-electron chi connectivity index (χ2n) is 4.20. The molecule has 6 nitrogen and oxygen atoms in total. The van der Waals surface area contributed by atoms with Gasteiger partial charge in [-0.3, -0.25) is 10.1 Å². The van der Waals surface area contributed by atoms with Gasteiger partial charge in [0.15, 0.2) is 0 Å². The zero-order chi connectivity index (χ0) is 14.8. The Kier molecular flexibility index (Phi) is 3.65. The number of rotatable bonds is 3. The molecule has 0 aliphatic rings. The van der Waals surface area contributed by atoms with E-state index < -0.39 is 4.92 Å². The fourth-order valence-electron chi connectivity index (χ4n) is 1.86. The third kappa shape index (κ3) is 2.92. The Morgan fingerprint density at radius 1 is 1.14 bits per heavy atom. The Morgan fingerprint density at radius 3 is 2.76 bits per heavy atom. The first-order valence-electron chi connectivity index (χ1n) is 5.96. The Morgan fingerprint density at radius 2 is 2.00 bits per heavy atom. The highest BCUT2D eigenvalue weighted by Crippen LogP contribution is 2.29. The Labute approximate surface area is 133 Å². The van der Waals surface area contributed by atoms with Crippen LogP contribution < -0.4 is 4.74 Å². The molecule has 7 heteroatoms. The number of nitro benzene ring substituents is 1. The summed E-state index contributed by atoms with van der Waals surface area (Å²) in [7, 11) is 0. The zero-order valence-electron chi connectivity index (χ0n) is 10.6. The van der Waals surface area contributed by atoms with Crippen molar-refractivity contribution in [3.05, 3.63) is 62.5 Å². The van der Waals surface area contributed by atoms with Crippen LogP contribution in [-0.4, -0.2) is 14.9 Å². The molecule has 0 N–H and O–H groups in total. The van der Waals surface area contributed by atoms with E-state index in [1.165, 1.54) is 18.5 Å². The molecule has 0 aliphatic heterocycles. The molecular formula is C14H8IN3O3. The van der Waals surface area contributed by atoms with E-state index in [0.29, 0.717) is 22.5 Å². The molecule has 3 aromatic rings. The topological polar surface area (TPSA) is 78.2 Å². The van der Waals surface area contributed by atoms with Crippen LogP contribution in [-0.2, 0) is 0 Å². The van der Waals surface area contributed by atoms with Crippen LogP contribution in [0.15, 0.2) is 48.8 Å². The number of halogens is 1. The number of nitro groups is 1. The largest absolute Gasteiger partial charge is 0.438 e. The van der Waals surface area contributed by atoms with E-state index in [1.807, 2.05) is 18.2 Å². The molecule has 0 aliphatic carbocycles. The summed E-state index contributed by atoms with van der Waals surface area (Å²) in [6.45, 7) is 0. The monoisotopic (exact) mass is 393 g/mol. The number of fused-ring (bicyclic) bond motifs is 1. The summed E-state index contributed by atoms with van der Waals surface area (Å²) in [5, 5.41) is 11.4. The van der Waals surface area contributed by atoms with E-state index in [1.54, 1.807) is 12.1 Å². The van der Waals surface area contributed by atoms with Gasteiger partial charge in [0.05, 0.1) is 15.8 Å². The summed E-state index contributed by atoms with van der Waals surface area (Å²) in [6, 6.07) is 11.9. The number of benzene rings is 2. The summed E-state index contributed by atoms with van der Waals surface area (Å²) < 4.78 is 6.75. The van der Waals surface area contributed by atoms with Crippen LogP contribution in [0.2, 0.25) is 0 Å². The lowest BCUT2D eigenvalue weighted by atomic mass is 10.2. The summed E-state index contributed by atoms with van der Waals surface area (Å²) >= 11 is 2.18. The highest BCUT2D eigenvalue weighted by atomic mass is 127. The van der Waals surface area contributed by atoms with Gasteiger partial charge in [-0.25, -0.2) is 9.97 Å². The van der Waals surface area contributed by atoms with Crippen molar-refractivity contribution >= 4 is 39.2 Å². The smallest absolute Gasteiger partial charge is 0.270 e. The molecule has 0 bridgehead atoms. The van der Waals surface area contributed by atoms with Crippen molar-refractivity contribution in [2.24, 2.45) is 0 Å². The van der Waals surface area contributed by atoms with E-state index in [-0.39, 0.29) is 5.69 Å². The molecule has 0 saturated carbocycles. The first-order chi connectivity index (χ1) is 10.1. The molecule has 0 atom stereocenters. The van der Waals surface area contributed by atoms with Crippen LogP contribution in [0.4, 0.5) is 5.69 Å². The van der Waals surface area contributed by atoms with Gasteiger partial charge in [0.2, 0.25) is 5.88 Å². The molecule has 0 spiro atoms. The molecule has 1 aromatic heterocycles. The molecule has 2 aromatic carbocycles. The first-order valence-corrected chi connectivity index (χ1v) is 7.04. The second kappa shape index (κ2) is 5.60. The van der Waals surface area contributed by atoms with E-state index in [9.17, 15) is 10.1 Å². The van der Waals surface area contributed by atoms with Crippen molar-refractivity contribution in [1.82, 2.24) is 9.97 Å². The molecule has 21 heavy (non-hydrogen) atoms. The molecule has 0 saturated heterocycles. The van der Waals surface area contributed by atoms with Gasteiger partial charge >= 0.3 is 0 Å². The fraction of sp³-hybridized carbons (Fsp3) is 0.